The van der Waals surface area contributed by atoms with Crippen LogP contribution in [0.25, 0.3) is 0 Å². The van der Waals surface area contributed by atoms with E-state index in [0.29, 0.717) is 5.56 Å². The van der Waals surface area contributed by atoms with Crippen LogP contribution in [0.3, 0.4) is 0 Å². The van der Waals surface area contributed by atoms with E-state index in [2.05, 4.69) is 5.32 Å². The molecule has 0 bridgehead atoms. The Morgan fingerprint density at radius 1 is 1.11 bits per heavy atom. The van der Waals surface area contributed by atoms with Crippen LogP contribution in [0, 0.1) is 10.1 Å². The normalized spacial score (nSPS) is 11.8. The molecule has 2 rings (SSSR count). The molecule has 0 saturated heterocycles. The summed E-state index contributed by atoms with van der Waals surface area (Å²) in [5, 5.41) is 13.2. The van der Waals surface area contributed by atoms with Gasteiger partial charge in [0, 0.05) is 24.1 Å². The van der Waals surface area contributed by atoms with Gasteiger partial charge in [-0.1, -0.05) is 32.0 Å². The Morgan fingerprint density at radius 2 is 1.71 bits per heavy atom. The first-order valence-electron chi connectivity index (χ1n) is 8.31. The van der Waals surface area contributed by atoms with Gasteiger partial charge in [-0.15, -0.1) is 0 Å². The van der Waals surface area contributed by atoms with Crippen molar-refractivity contribution in [2.45, 2.75) is 25.4 Å². The molecule has 2 aromatic carbocycles. The number of benzene rings is 2. The molecule has 0 aliphatic heterocycles. The lowest BCUT2D eigenvalue weighted by molar-refractivity contribution is -0.384. The van der Waals surface area contributed by atoms with Gasteiger partial charge in [0.25, 0.3) is 11.6 Å². The number of non-ortho nitro benzene ring substituents is 1. The third-order valence-electron chi connectivity index (χ3n) is 4.12. The SMILES string of the molecule is CC(C)(CNC(=O)COc1ccc([N+](=O)[O-])cc1)c1cccc(C(F)(F)F)c1. The Kier molecular flexibility index (Phi) is 6.27. The van der Waals surface area contributed by atoms with Gasteiger partial charge in [0.05, 0.1) is 10.5 Å². The molecule has 0 aliphatic rings. The van der Waals surface area contributed by atoms with Crippen LogP contribution in [-0.2, 0) is 16.4 Å². The summed E-state index contributed by atoms with van der Waals surface area (Å²) in [5.74, 6) is -0.170. The Balaban J connectivity index is 1.91. The van der Waals surface area contributed by atoms with Crippen LogP contribution in [0.5, 0.6) is 5.75 Å². The average Bonchev–Trinajstić information content (AvgIpc) is 2.64. The Morgan fingerprint density at radius 3 is 2.29 bits per heavy atom. The molecule has 1 N–H and O–H groups in total. The number of rotatable bonds is 7. The lowest BCUT2D eigenvalue weighted by Crippen LogP contribution is -2.39. The molecular weight excluding hydrogens is 377 g/mol. The number of alkyl halides is 3. The highest BCUT2D eigenvalue weighted by Gasteiger charge is 2.32. The predicted molar refractivity (Wildman–Crippen MR) is 96.1 cm³/mol. The summed E-state index contributed by atoms with van der Waals surface area (Å²) in [6, 6.07) is 10.2. The third kappa shape index (κ3) is 5.70. The minimum Gasteiger partial charge on any atom is -0.484 e. The van der Waals surface area contributed by atoms with Gasteiger partial charge in [-0.05, 0) is 23.8 Å². The maximum atomic E-state index is 12.9. The van der Waals surface area contributed by atoms with E-state index in [-0.39, 0.29) is 24.6 Å². The maximum absolute atomic E-state index is 12.9. The molecule has 150 valence electrons. The monoisotopic (exact) mass is 396 g/mol. The number of carbonyl (C=O) groups is 1. The minimum absolute atomic E-state index is 0.0976. The molecule has 0 fully saturated rings. The molecule has 0 atom stereocenters. The fraction of sp³-hybridized carbons (Fsp3) is 0.316. The standard InChI is InChI=1S/C19H19F3N2O4/c1-18(2,13-4-3-5-14(10-13)19(20,21)22)12-23-17(25)11-28-16-8-6-15(7-9-16)24(26)27/h3-10H,11-12H2,1-2H3,(H,23,25). The van der Waals surface area contributed by atoms with Gasteiger partial charge >= 0.3 is 6.18 Å². The maximum Gasteiger partial charge on any atom is 0.416 e. The minimum atomic E-state index is -4.44. The molecule has 0 spiro atoms. The summed E-state index contributed by atoms with van der Waals surface area (Å²) in [5.41, 5.74) is -1.13. The molecular formula is C19H19F3N2O4. The summed E-state index contributed by atoms with van der Waals surface area (Å²) >= 11 is 0. The van der Waals surface area contributed by atoms with E-state index < -0.39 is 28.0 Å². The van der Waals surface area contributed by atoms with Crippen LogP contribution in [0.1, 0.15) is 25.0 Å². The summed E-state index contributed by atoms with van der Waals surface area (Å²) < 4.78 is 43.9. The third-order valence-corrected chi connectivity index (χ3v) is 4.12. The number of hydrogen-bond donors (Lipinski definition) is 1. The molecule has 0 radical (unpaired) electrons. The van der Waals surface area contributed by atoms with Crippen LogP contribution < -0.4 is 10.1 Å². The van der Waals surface area contributed by atoms with Crippen molar-refractivity contribution >= 4 is 11.6 Å². The molecule has 0 unspecified atom stereocenters. The van der Waals surface area contributed by atoms with E-state index in [0.717, 1.165) is 12.1 Å². The smallest absolute Gasteiger partial charge is 0.416 e. The number of amides is 1. The molecule has 6 nitrogen and oxygen atoms in total. The summed E-state index contributed by atoms with van der Waals surface area (Å²) in [4.78, 5) is 22.0. The number of nitrogens with zero attached hydrogens (tertiary/aromatic N) is 1. The van der Waals surface area contributed by atoms with Crippen LogP contribution >= 0.6 is 0 Å². The number of ether oxygens (including phenoxy) is 1. The molecule has 0 heterocycles. The number of hydrogen-bond acceptors (Lipinski definition) is 4. The molecule has 1 amide bonds. The van der Waals surface area contributed by atoms with Gasteiger partial charge in [-0.25, -0.2) is 0 Å². The van der Waals surface area contributed by atoms with Crippen molar-refractivity contribution in [1.82, 2.24) is 5.32 Å². The van der Waals surface area contributed by atoms with Gasteiger partial charge < -0.3 is 10.1 Å². The van der Waals surface area contributed by atoms with E-state index in [4.69, 9.17) is 4.74 Å². The number of nitrogens with one attached hydrogen (secondary N) is 1. The number of nitro groups is 1. The number of halogens is 3. The molecule has 0 aromatic heterocycles. The Hall–Kier alpha value is -3.10. The van der Waals surface area contributed by atoms with E-state index in [1.807, 2.05) is 0 Å². The molecule has 28 heavy (non-hydrogen) atoms. The van der Waals surface area contributed by atoms with Gasteiger partial charge in [0.1, 0.15) is 5.75 Å². The van der Waals surface area contributed by atoms with E-state index in [9.17, 15) is 28.1 Å². The summed E-state index contributed by atoms with van der Waals surface area (Å²) in [7, 11) is 0. The number of carbonyl (C=O) groups excluding carboxylic acids is 1. The van der Waals surface area contributed by atoms with Gasteiger partial charge in [-0.2, -0.15) is 13.2 Å². The van der Waals surface area contributed by atoms with Crippen LogP contribution in [0.4, 0.5) is 18.9 Å². The molecule has 9 heteroatoms. The van der Waals surface area contributed by atoms with Crippen molar-refractivity contribution in [3.05, 3.63) is 69.8 Å². The van der Waals surface area contributed by atoms with Gasteiger partial charge in [-0.3, -0.25) is 14.9 Å². The first kappa shape index (κ1) is 21.2. The lowest BCUT2D eigenvalue weighted by atomic mass is 9.83. The predicted octanol–water partition coefficient (Wildman–Crippen LogP) is 4.09. The average molecular weight is 396 g/mol. The summed E-state index contributed by atoms with van der Waals surface area (Å²) in [6.45, 7) is 3.23. The zero-order valence-corrected chi connectivity index (χ0v) is 15.2. The largest absolute Gasteiger partial charge is 0.484 e. The van der Waals surface area contributed by atoms with Crippen molar-refractivity contribution in [1.29, 1.82) is 0 Å². The topological polar surface area (TPSA) is 81.5 Å². The van der Waals surface area contributed by atoms with Crippen molar-refractivity contribution in [3.63, 3.8) is 0 Å². The van der Waals surface area contributed by atoms with E-state index >= 15 is 0 Å². The zero-order chi connectivity index (χ0) is 20.9. The first-order valence-corrected chi connectivity index (χ1v) is 8.31. The first-order chi connectivity index (χ1) is 13.0. The highest BCUT2D eigenvalue weighted by molar-refractivity contribution is 5.77. The molecule has 0 saturated carbocycles. The zero-order valence-electron chi connectivity index (χ0n) is 15.2. The second kappa shape index (κ2) is 8.28. The second-order valence-corrected chi connectivity index (χ2v) is 6.78. The van der Waals surface area contributed by atoms with Crippen LogP contribution in [0.15, 0.2) is 48.5 Å². The van der Waals surface area contributed by atoms with E-state index in [1.54, 1.807) is 19.9 Å². The van der Waals surface area contributed by atoms with Crippen molar-refractivity contribution in [2.75, 3.05) is 13.2 Å². The van der Waals surface area contributed by atoms with Crippen LogP contribution in [0.2, 0.25) is 0 Å². The summed E-state index contributed by atoms with van der Waals surface area (Å²) in [6.07, 6.45) is -4.44. The highest BCUT2D eigenvalue weighted by atomic mass is 19.4. The van der Waals surface area contributed by atoms with Crippen molar-refractivity contribution < 1.29 is 27.6 Å². The fourth-order valence-corrected chi connectivity index (χ4v) is 2.40. The molecule has 2 aromatic rings. The van der Waals surface area contributed by atoms with Crippen LogP contribution in [-0.4, -0.2) is 24.0 Å². The van der Waals surface area contributed by atoms with Gasteiger partial charge in [0.15, 0.2) is 6.61 Å². The van der Waals surface area contributed by atoms with E-state index in [1.165, 1.54) is 30.3 Å². The second-order valence-electron chi connectivity index (χ2n) is 6.78. The highest BCUT2D eigenvalue weighted by Crippen LogP contribution is 2.32. The van der Waals surface area contributed by atoms with Gasteiger partial charge in [0.2, 0.25) is 0 Å². The Bertz CT molecular complexity index is 849. The fourth-order valence-electron chi connectivity index (χ4n) is 2.40. The Labute approximate surface area is 159 Å². The lowest BCUT2D eigenvalue weighted by Gasteiger charge is -2.26. The molecule has 0 aliphatic carbocycles. The quantitative estimate of drug-likeness (QED) is 0.565. The van der Waals surface area contributed by atoms with Crippen molar-refractivity contribution in [2.24, 2.45) is 0 Å². The number of nitro benzene ring substituents is 1. The van der Waals surface area contributed by atoms with Crippen molar-refractivity contribution in [3.8, 4) is 5.75 Å².